The summed E-state index contributed by atoms with van der Waals surface area (Å²) in [6.45, 7) is 8.80. The summed E-state index contributed by atoms with van der Waals surface area (Å²) >= 11 is 0. The highest BCUT2D eigenvalue weighted by atomic mass is 16.5. The predicted octanol–water partition coefficient (Wildman–Crippen LogP) is 2.31. The van der Waals surface area contributed by atoms with Crippen molar-refractivity contribution in [2.75, 3.05) is 13.2 Å². The topological polar surface area (TPSA) is 32.7 Å². The molecule has 2 rings (SSSR count). The van der Waals surface area contributed by atoms with Gasteiger partial charge in [0.25, 0.3) is 0 Å². The Morgan fingerprint density at radius 3 is 2.94 bits per heavy atom. The van der Waals surface area contributed by atoms with E-state index < -0.39 is 0 Å². The summed E-state index contributed by atoms with van der Waals surface area (Å²) in [7, 11) is 0. The molecule has 1 aliphatic rings. The van der Waals surface area contributed by atoms with Crippen LogP contribution in [0.1, 0.15) is 25.0 Å². The van der Waals surface area contributed by atoms with Crippen LogP contribution in [0.4, 0.5) is 0 Å². The minimum absolute atomic E-state index is 0.276. The molecule has 1 aromatic carbocycles. The van der Waals surface area contributed by atoms with Crippen molar-refractivity contribution in [2.24, 2.45) is 0 Å². The molecule has 3 heteroatoms. The summed E-state index contributed by atoms with van der Waals surface area (Å²) < 4.78 is 5.61. The molecule has 0 radical (unpaired) electrons. The molecular weight excluding hydrogens is 214 g/mol. The van der Waals surface area contributed by atoms with Crippen molar-refractivity contribution in [3.63, 3.8) is 0 Å². The van der Waals surface area contributed by atoms with Crippen molar-refractivity contribution in [3.05, 3.63) is 29.3 Å². The van der Waals surface area contributed by atoms with Gasteiger partial charge in [-0.1, -0.05) is 17.7 Å². The lowest BCUT2D eigenvalue weighted by Gasteiger charge is -2.36. The molecule has 2 atom stereocenters. The highest BCUT2D eigenvalue weighted by Gasteiger charge is 2.23. The van der Waals surface area contributed by atoms with Gasteiger partial charge < -0.3 is 9.84 Å². The van der Waals surface area contributed by atoms with Gasteiger partial charge >= 0.3 is 0 Å². The third-order valence-corrected chi connectivity index (χ3v) is 3.35. The number of hydrogen-bond acceptors (Lipinski definition) is 3. The highest BCUT2D eigenvalue weighted by Crippen LogP contribution is 2.22. The first-order valence-corrected chi connectivity index (χ1v) is 6.20. The summed E-state index contributed by atoms with van der Waals surface area (Å²) in [4.78, 5) is 2.36. The fourth-order valence-electron chi connectivity index (χ4n) is 2.25. The van der Waals surface area contributed by atoms with Crippen LogP contribution >= 0.6 is 0 Å². The molecule has 0 aliphatic carbocycles. The van der Waals surface area contributed by atoms with Crippen molar-refractivity contribution >= 4 is 0 Å². The van der Waals surface area contributed by atoms with Gasteiger partial charge in [-0.25, -0.2) is 0 Å². The van der Waals surface area contributed by atoms with Crippen molar-refractivity contribution in [1.82, 2.24) is 4.90 Å². The normalized spacial score (nSPS) is 26.1. The standard InChI is InChI=1S/C14H21NO2/c1-10-4-5-14(16)13(6-10)8-15-7-12(3)17-9-11(15)2/h4-6,11-12,16H,7-9H2,1-3H3. The lowest BCUT2D eigenvalue weighted by molar-refractivity contribution is -0.0528. The van der Waals surface area contributed by atoms with Crippen LogP contribution in [0.15, 0.2) is 18.2 Å². The molecular formula is C14H21NO2. The number of ether oxygens (including phenoxy) is 1. The minimum atomic E-state index is 0.276. The number of hydrogen-bond donors (Lipinski definition) is 1. The molecule has 1 N–H and O–H groups in total. The van der Waals surface area contributed by atoms with Crippen LogP contribution < -0.4 is 0 Å². The Morgan fingerprint density at radius 2 is 2.18 bits per heavy atom. The monoisotopic (exact) mass is 235 g/mol. The number of phenolic OH excluding ortho intramolecular Hbond substituents is 1. The maximum Gasteiger partial charge on any atom is 0.120 e. The van der Waals surface area contributed by atoms with Crippen LogP contribution in [0.5, 0.6) is 5.75 Å². The van der Waals surface area contributed by atoms with E-state index in [0.29, 0.717) is 11.8 Å². The molecule has 0 bridgehead atoms. The van der Waals surface area contributed by atoms with Crippen molar-refractivity contribution in [2.45, 2.75) is 39.5 Å². The molecule has 1 saturated heterocycles. The summed E-state index contributed by atoms with van der Waals surface area (Å²) in [6.07, 6.45) is 0.276. The quantitative estimate of drug-likeness (QED) is 0.854. The van der Waals surface area contributed by atoms with Gasteiger partial charge in [0.15, 0.2) is 0 Å². The molecule has 0 saturated carbocycles. The maximum absolute atomic E-state index is 9.86. The number of phenols is 1. The van der Waals surface area contributed by atoms with Crippen LogP contribution in [-0.2, 0) is 11.3 Å². The third kappa shape index (κ3) is 2.99. The van der Waals surface area contributed by atoms with E-state index in [9.17, 15) is 5.11 Å². The van der Waals surface area contributed by atoms with Crippen LogP contribution in [-0.4, -0.2) is 35.3 Å². The number of morpholine rings is 1. The lowest BCUT2D eigenvalue weighted by atomic mass is 10.1. The summed E-state index contributed by atoms with van der Waals surface area (Å²) in [5, 5.41) is 9.86. The van der Waals surface area contributed by atoms with Crippen molar-refractivity contribution in [3.8, 4) is 5.75 Å². The number of rotatable bonds is 2. The zero-order valence-electron chi connectivity index (χ0n) is 10.8. The van der Waals surface area contributed by atoms with Crippen LogP contribution in [0.25, 0.3) is 0 Å². The molecule has 0 spiro atoms. The summed E-state index contributed by atoms with van der Waals surface area (Å²) in [5.41, 5.74) is 2.19. The minimum Gasteiger partial charge on any atom is -0.508 e. The first-order valence-electron chi connectivity index (χ1n) is 6.20. The second kappa shape index (κ2) is 5.07. The Bertz CT molecular complexity index is 392. The largest absolute Gasteiger partial charge is 0.508 e. The van der Waals surface area contributed by atoms with Crippen LogP contribution in [0, 0.1) is 6.92 Å². The molecule has 17 heavy (non-hydrogen) atoms. The Balaban J connectivity index is 2.11. The van der Waals surface area contributed by atoms with Crippen LogP contribution in [0.3, 0.4) is 0 Å². The Hall–Kier alpha value is -1.06. The van der Waals surface area contributed by atoms with E-state index in [1.165, 1.54) is 5.56 Å². The third-order valence-electron chi connectivity index (χ3n) is 3.35. The second-order valence-corrected chi connectivity index (χ2v) is 5.05. The summed E-state index contributed by atoms with van der Waals surface area (Å²) in [6, 6.07) is 6.18. The van der Waals surface area contributed by atoms with Gasteiger partial charge in [-0.2, -0.15) is 0 Å². The first-order chi connectivity index (χ1) is 8.06. The van der Waals surface area contributed by atoms with E-state index >= 15 is 0 Å². The van der Waals surface area contributed by atoms with Gasteiger partial charge in [0.1, 0.15) is 5.75 Å². The SMILES string of the molecule is Cc1ccc(O)c(CN2CC(C)OCC2C)c1. The first kappa shape index (κ1) is 12.4. The van der Waals surface area contributed by atoms with E-state index in [1.807, 2.05) is 13.0 Å². The lowest BCUT2D eigenvalue weighted by Crippen LogP contribution is -2.46. The van der Waals surface area contributed by atoms with Gasteiger partial charge in [-0.05, 0) is 26.8 Å². The molecule has 2 unspecified atom stereocenters. The molecule has 1 aliphatic heterocycles. The van der Waals surface area contributed by atoms with Gasteiger partial charge in [0.2, 0.25) is 0 Å². The number of nitrogens with zero attached hydrogens (tertiary/aromatic N) is 1. The fourth-order valence-corrected chi connectivity index (χ4v) is 2.25. The second-order valence-electron chi connectivity index (χ2n) is 5.05. The molecule has 3 nitrogen and oxygen atoms in total. The van der Waals surface area contributed by atoms with Gasteiger partial charge in [-0.3, -0.25) is 4.90 Å². The zero-order chi connectivity index (χ0) is 12.4. The van der Waals surface area contributed by atoms with E-state index in [2.05, 4.69) is 24.8 Å². The van der Waals surface area contributed by atoms with E-state index in [4.69, 9.17) is 4.74 Å². The molecule has 1 aromatic rings. The smallest absolute Gasteiger partial charge is 0.120 e. The van der Waals surface area contributed by atoms with E-state index in [0.717, 1.165) is 25.3 Å². The Labute approximate surface area is 103 Å². The molecule has 0 aromatic heterocycles. The highest BCUT2D eigenvalue weighted by molar-refractivity contribution is 5.35. The van der Waals surface area contributed by atoms with Crippen molar-refractivity contribution in [1.29, 1.82) is 0 Å². The fraction of sp³-hybridized carbons (Fsp3) is 0.571. The zero-order valence-corrected chi connectivity index (χ0v) is 10.8. The number of aryl methyl sites for hydroxylation is 1. The molecule has 1 fully saturated rings. The van der Waals surface area contributed by atoms with E-state index in [-0.39, 0.29) is 6.10 Å². The molecule has 1 heterocycles. The van der Waals surface area contributed by atoms with Crippen LogP contribution in [0.2, 0.25) is 0 Å². The predicted molar refractivity (Wildman–Crippen MR) is 68.1 cm³/mol. The van der Waals surface area contributed by atoms with E-state index in [1.54, 1.807) is 6.07 Å². The Kier molecular flexibility index (Phi) is 3.69. The number of benzene rings is 1. The van der Waals surface area contributed by atoms with Gasteiger partial charge in [0, 0.05) is 24.7 Å². The molecule has 0 amide bonds. The van der Waals surface area contributed by atoms with Gasteiger partial charge in [-0.15, -0.1) is 0 Å². The summed E-state index contributed by atoms with van der Waals surface area (Å²) in [5.74, 6) is 0.391. The maximum atomic E-state index is 9.86. The average molecular weight is 235 g/mol. The molecule has 94 valence electrons. The van der Waals surface area contributed by atoms with Gasteiger partial charge in [0.05, 0.1) is 12.7 Å². The van der Waals surface area contributed by atoms with Crippen molar-refractivity contribution < 1.29 is 9.84 Å². The average Bonchev–Trinajstić information content (AvgIpc) is 2.28. The Morgan fingerprint density at radius 1 is 1.41 bits per heavy atom. The number of aromatic hydroxyl groups is 1.